The third-order valence-electron chi connectivity index (χ3n) is 4.77. The van der Waals surface area contributed by atoms with E-state index in [4.69, 9.17) is 0 Å². The number of aryl methyl sites for hydroxylation is 3. The van der Waals surface area contributed by atoms with Crippen molar-refractivity contribution >= 4 is 17.5 Å². The molecule has 2 heterocycles. The molecule has 0 aliphatic carbocycles. The zero-order valence-electron chi connectivity index (χ0n) is 16.8. The van der Waals surface area contributed by atoms with Crippen molar-refractivity contribution in [3.8, 4) is 5.75 Å². The lowest BCUT2D eigenvalue weighted by Gasteiger charge is -2.11. The Balaban J connectivity index is 1.48. The maximum atomic E-state index is 12.2. The van der Waals surface area contributed by atoms with E-state index in [1.165, 1.54) is 6.07 Å². The molecule has 2 amide bonds. The Morgan fingerprint density at radius 1 is 1.10 bits per heavy atom. The minimum atomic E-state index is -0.377. The monoisotopic (exact) mass is 395 g/mol. The van der Waals surface area contributed by atoms with E-state index in [1.54, 1.807) is 18.2 Å². The number of hydrogen-bond acceptors (Lipinski definition) is 5. The number of amides is 2. The summed E-state index contributed by atoms with van der Waals surface area (Å²) in [6, 6.07) is 8.25. The summed E-state index contributed by atoms with van der Waals surface area (Å²) in [7, 11) is 0. The van der Waals surface area contributed by atoms with Crippen molar-refractivity contribution < 1.29 is 14.7 Å². The van der Waals surface area contributed by atoms with Crippen molar-refractivity contribution in [2.45, 2.75) is 33.6 Å². The predicted molar refractivity (Wildman–Crippen MR) is 109 cm³/mol. The summed E-state index contributed by atoms with van der Waals surface area (Å²) in [4.78, 5) is 28.7. The van der Waals surface area contributed by atoms with Gasteiger partial charge in [0.1, 0.15) is 5.75 Å². The fourth-order valence-corrected chi connectivity index (χ4v) is 3.27. The normalized spacial score (nSPS) is 10.9. The van der Waals surface area contributed by atoms with Crippen molar-refractivity contribution in [2.75, 3.05) is 13.1 Å². The molecule has 0 saturated heterocycles. The van der Waals surface area contributed by atoms with Crippen LogP contribution in [0.5, 0.6) is 5.75 Å². The van der Waals surface area contributed by atoms with E-state index in [2.05, 4.69) is 20.7 Å². The quantitative estimate of drug-likeness (QED) is 0.529. The van der Waals surface area contributed by atoms with Gasteiger partial charge in [-0.05, 0) is 44.9 Å². The maximum Gasteiger partial charge on any atom is 0.255 e. The van der Waals surface area contributed by atoms with E-state index < -0.39 is 0 Å². The summed E-state index contributed by atoms with van der Waals surface area (Å²) in [5, 5.41) is 19.6. The van der Waals surface area contributed by atoms with Gasteiger partial charge in [0, 0.05) is 37.0 Å². The molecule has 0 fully saturated rings. The second-order valence-corrected chi connectivity index (χ2v) is 6.94. The van der Waals surface area contributed by atoms with Crippen LogP contribution in [0.15, 0.2) is 30.3 Å². The zero-order valence-corrected chi connectivity index (χ0v) is 16.8. The van der Waals surface area contributed by atoms with E-state index >= 15 is 0 Å². The van der Waals surface area contributed by atoms with Crippen molar-refractivity contribution in [3.05, 3.63) is 58.5 Å². The molecule has 0 unspecified atom stereocenters. The smallest absolute Gasteiger partial charge is 0.255 e. The molecule has 0 radical (unpaired) electrons. The van der Waals surface area contributed by atoms with Gasteiger partial charge in [0.25, 0.3) is 5.91 Å². The van der Waals surface area contributed by atoms with Gasteiger partial charge in [-0.15, -0.1) is 0 Å². The number of carbonyl (C=O) groups excluding carboxylic acids is 2. The number of aromatic hydroxyl groups is 1. The summed E-state index contributed by atoms with van der Waals surface area (Å²) < 4.78 is 1.81. The second kappa shape index (κ2) is 8.72. The second-order valence-electron chi connectivity index (χ2n) is 6.94. The van der Waals surface area contributed by atoms with Crippen molar-refractivity contribution in [1.82, 2.24) is 25.2 Å². The SMILES string of the molecule is Cc1cc2nc(C)c(CCC(=O)NCCNC(=O)c3ccccc3O)c(C)n2n1. The first-order chi connectivity index (χ1) is 13.9. The average Bonchev–Trinajstić information content (AvgIpc) is 3.05. The first-order valence-electron chi connectivity index (χ1n) is 9.52. The fraction of sp³-hybridized carbons (Fsp3) is 0.333. The highest BCUT2D eigenvalue weighted by Gasteiger charge is 2.13. The molecule has 1 aromatic carbocycles. The predicted octanol–water partition coefficient (Wildman–Crippen LogP) is 1.84. The Hall–Kier alpha value is -3.42. The number of nitrogens with zero attached hydrogens (tertiary/aromatic N) is 3. The lowest BCUT2D eigenvalue weighted by Crippen LogP contribution is -2.34. The van der Waals surface area contributed by atoms with Gasteiger partial charge in [0.15, 0.2) is 5.65 Å². The molecule has 29 heavy (non-hydrogen) atoms. The molecule has 8 heteroatoms. The van der Waals surface area contributed by atoms with E-state index in [0.717, 1.165) is 28.3 Å². The molecular formula is C21H25N5O3. The number of rotatable bonds is 7. The van der Waals surface area contributed by atoms with Gasteiger partial charge < -0.3 is 15.7 Å². The van der Waals surface area contributed by atoms with Gasteiger partial charge >= 0.3 is 0 Å². The van der Waals surface area contributed by atoms with E-state index in [-0.39, 0.29) is 29.7 Å². The van der Waals surface area contributed by atoms with Gasteiger partial charge in [0.2, 0.25) is 5.91 Å². The van der Waals surface area contributed by atoms with E-state index in [9.17, 15) is 14.7 Å². The third-order valence-corrected chi connectivity index (χ3v) is 4.77. The summed E-state index contributed by atoms with van der Waals surface area (Å²) in [5.74, 6) is -0.549. The first-order valence-corrected chi connectivity index (χ1v) is 9.52. The summed E-state index contributed by atoms with van der Waals surface area (Å²) in [5.41, 5.74) is 4.83. The Kier molecular flexibility index (Phi) is 6.11. The lowest BCUT2D eigenvalue weighted by molar-refractivity contribution is -0.121. The highest BCUT2D eigenvalue weighted by molar-refractivity contribution is 5.96. The third kappa shape index (κ3) is 4.71. The lowest BCUT2D eigenvalue weighted by atomic mass is 10.1. The van der Waals surface area contributed by atoms with Gasteiger partial charge in [-0.3, -0.25) is 9.59 Å². The number of phenols is 1. The Bertz CT molecular complexity index is 1060. The van der Waals surface area contributed by atoms with Crippen LogP contribution in [0.1, 0.15) is 39.4 Å². The standard InChI is InChI=1S/C21H25N5O3/c1-13-12-19-24-14(2)16(15(3)26(19)25-13)8-9-20(28)22-10-11-23-21(29)17-6-4-5-7-18(17)27/h4-7,12,27H,8-11H2,1-3H3,(H,22,28)(H,23,29). The highest BCUT2D eigenvalue weighted by atomic mass is 16.3. The molecule has 0 saturated carbocycles. The van der Waals surface area contributed by atoms with Crippen LogP contribution in [0.25, 0.3) is 5.65 Å². The number of fused-ring (bicyclic) bond motifs is 1. The topological polar surface area (TPSA) is 109 Å². The Morgan fingerprint density at radius 2 is 1.83 bits per heavy atom. The van der Waals surface area contributed by atoms with Crippen molar-refractivity contribution in [1.29, 1.82) is 0 Å². The molecule has 3 N–H and O–H groups in total. The molecule has 0 atom stereocenters. The molecule has 0 aliphatic heterocycles. The van der Waals surface area contributed by atoms with Gasteiger partial charge in [-0.1, -0.05) is 12.1 Å². The first kappa shape index (κ1) is 20.3. The summed E-state index contributed by atoms with van der Waals surface area (Å²) in [6.45, 7) is 6.43. The molecule has 0 aliphatic rings. The summed E-state index contributed by atoms with van der Waals surface area (Å²) in [6.07, 6.45) is 0.887. The van der Waals surface area contributed by atoms with Crippen LogP contribution in [0.4, 0.5) is 0 Å². The van der Waals surface area contributed by atoms with Crippen LogP contribution in [0.2, 0.25) is 0 Å². The Morgan fingerprint density at radius 3 is 2.59 bits per heavy atom. The number of aromatic nitrogens is 3. The minimum absolute atomic E-state index is 0.0715. The average molecular weight is 395 g/mol. The molecule has 3 aromatic rings. The summed E-state index contributed by atoms with van der Waals surface area (Å²) >= 11 is 0. The van der Waals surface area contributed by atoms with Crippen LogP contribution in [0, 0.1) is 20.8 Å². The van der Waals surface area contributed by atoms with Crippen LogP contribution in [-0.4, -0.2) is 44.6 Å². The number of benzene rings is 1. The number of hydrogen-bond donors (Lipinski definition) is 3. The number of phenolic OH excluding ortho intramolecular Hbond substituents is 1. The van der Waals surface area contributed by atoms with Crippen LogP contribution >= 0.6 is 0 Å². The van der Waals surface area contributed by atoms with Crippen LogP contribution in [0.3, 0.4) is 0 Å². The van der Waals surface area contributed by atoms with Crippen LogP contribution < -0.4 is 10.6 Å². The largest absolute Gasteiger partial charge is 0.507 e. The number of nitrogens with one attached hydrogen (secondary N) is 2. The molecule has 3 rings (SSSR count). The maximum absolute atomic E-state index is 12.2. The number of para-hydroxylation sites is 1. The molecule has 0 bridgehead atoms. The van der Waals surface area contributed by atoms with Gasteiger partial charge in [-0.2, -0.15) is 5.10 Å². The van der Waals surface area contributed by atoms with E-state index in [1.807, 2.05) is 31.4 Å². The molecular weight excluding hydrogens is 370 g/mol. The fourth-order valence-electron chi connectivity index (χ4n) is 3.27. The van der Waals surface area contributed by atoms with Gasteiger partial charge in [-0.25, -0.2) is 9.50 Å². The van der Waals surface area contributed by atoms with Crippen molar-refractivity contribution in [2.24, 2.45) is 0 Å². The molecule has 2 aromatic heterocycles. The molecule has 152 valence electrons. The van der Waals surface area contributed by atoms with Gasteiger partial charge in [0.05, 0.1) is 11.3 Å². The van der Waals surface area contributed by atoms with Crippen molar-refractivity contribution in [3.63, 3.8) is 0 Å². The number of carbonyl (C=O) groups is 2. The molecule has 0 spiro atoms. The van der Waals surface area contributed by atoms with E-state index in [0.29, 0.717) is 19.4 Å². The minimum Gasteiger partial charge on any atom is -0.507 e. The highest BCUT2D eigenvalue weighted by Crippen LogP contribution is 2.17. The zero-order chi connectivity index (χ0) is 21.0. The van der Waals surface area contributed by atoms with Crippen LogP contribution in [-0.2, 0) is 11.2 Å². The molecule has 8 nitrogen and oxygen atoms in total. The Labute approximate surface area is 169 Å².